The van der Waals surface area contributed by atoms with Gasteiger partial charge in [-0.25, -0.2) is 4.98 Å². The lowest BCUT2D eigenvalue weighted by Gasteiger charge is -2.27. The van der Waals surface area contributed by atoms with Crippen molar-refractivity contribution < 1.29 is 4.79 Å². The van der Waals surface area contributed by atoms with E-state index in [-0.39, 0.29) is 11.8 Å². The lowest BCUT2D eigenvalue weighted by molar-refractivity contribution is -0.133. The molecule has 24 heavy (non-hydrogen) atoms. The zero-order chi connectivity index (χ0) is 17.1. The summed E-state index contributed by atoms with van der Waals surface area (Å²) < 4.78 is 0. The number of hydrogen-bond acceptors (Lipinski definition) is 3. The summed E-state index contributed by atoms with van der Waals surface area (Å²) in [5.41, 5.74) is 4.51. The van der Waals surface area contributed by atoms with Crippen molar-refractivity contribution in [2.24, 2.45) is 0 Å². The second-order valence-corrected chi connectivity index (χ2v) is 6.83. The number of rotatable bonds is 6. The molecule has 0 spiro atoms. The number of likely N-dealkylation sites (N-methyl/N-ethyl adjacent to an activating group) is 1. The van der Waals surface area contributed by atoms with Crippen molar-refractivity contribution in [1.29, 1.82) is 0 Å². The fourth-order valence-corrected chi connectivity index (χ4v) is 3.35. The summed E-state index contributed by atoms with van der Waals surface area (Å²) in [4.78, 5) is 24.8. The zero-order valence-electron chi connectivity index (χ0n) is 14.7. The van der Waals surface area contributed by atoms with Gasteiger partial charge in [-0.05, 0) is 45.0 Å². The Morgan fingerprint density at radius 1 is 1.29 bits per heavy atom. The number of carbonyl (C=O) groups is 1. The summed E-state index contributed by atoms with van der Waals surface area (Å²) >= 11 is 0. The highest BCUT2D eigenvalue weighted by Crippen LogP contribution is 2.34. The maximum Gasteiger partial charge on any atom is 0.230 e. The van der Waals surface area contributed by atoms with Crippen molar-refractivity contribution in [2.45, 2.75) is 32.2 Å². The number of nitrogens with zero attached hydrogens (tertiary/aromatic N) is 3. The maximum absolute atomic E-state index is 13.2. The quantitative estimate of drug-likeness (QED) is 0.886. The molecule has 128 valence electrons. The first-order chi connectivity index (χ1) is 11.6. The molecule has 1 aliphatic carbocycles. The molecule has 0 radical (unpaired) electrons. The minimum Gasteiger partial charge on any atom is -0.348 e. The monoisotopic (exact) mass is 326 g/mol. The molecule has 5 heteroatoms. The van der Waals surface area contributed by atoms with Crippen LogP contribution in [0.25, 0.3) is 0 Å². The highest BCUT2D eigenvalue weighted by molar-refractivity contribution is 5.85. The molecule has 0 bridgehead atoms. The van der Waals surface area contributed by atoms with E-state index in [9.17, 15) is 4.79 Å². The molecule has 1 heterocycles. The van der Waals surface area contributed by atoms with Gasteiger partial charge in [0.1, 0.15) is 0 Å². The molecule has 0 fully saturated rings. The number of amides is 1. The van der Waals surface area contributed by atoms with Gasteiger partial charge in [-0.15, -0.1) is 0 Å². The molecule has 1 atom stereocenters. The molecule has 1 aromatic carbocycles. The van der Waals surface area contributed by atoms with Crippen molar-refractivity contribution in [1.82, 2.24) is 19.8 Å². The van der Waals surface area contributed by atoms with E-state index < -0.39 is 0 Å². The summed E-state index contributed by atoms with van der Waals surface area (Å²) in [6.07, 6.45) is 3.61. The first kappa shape index (κ1) is 16.7. The standard InChI is InChI=1S/C19H26N4O/c1-14-18(21-13-20-14)12-23(11-10-22(2)3)19(24)17-9-8-15-6-4-5-7-16(15)17/h4-7,13,17H,8-12H2,1-3H3,(H,20,21). The van der Waals surface area contributed by atoms with Crippen molar-refractivity contribution in [2.75, 3.05) is 27.2 Å². The first-order valence-electron chi connectivity index (χ1n) is 8.56. The van der Waals surface area contributed by atoms with Gasteiger partial charge >= 0.3 is 0 Å². The summed E-state index contributed by atoms with van der Waals surface area (Å²) in [6, 6.07) is 8.34. The van der Waals surface area contributed by atoms with Gasteiger partial charge in [-0.2, -0.15) is 0 Å². The van der Waals surface area contributed by atoms with Crippen LogP contribution in [0.1, 0.15) is 34.9 Å². The summed E-state index contributed by atoms with van der Waals surface area (Å²) in [5, 5.41) is 0. The topological polar surface area (TPSA) is 52.2 Å². The van der Waals surface area contributed by atoms with Gasteiger partial charge in [0.05, 0.1) is 24.5 Å². The Balaban J connectivity index is 1.79. The van der Waals surface area contributed by atoms with E-state index in [1.165, 1.54) is 11.1 Å². The van der Waals surface area contributed by atoms with E-state index >= 15 is 0 Å². The van der Waals surface area contributed by atoms with E-state index in [0.29, 0.717) is 6.54 Å². The predicted molar refractivity (Wildman–Crippen MR) is 94.8 cm³/mol. The molecule has 0 saturated carbocycles. The molecule has 0 aliphatic heterocycles. The van der Waals surface area contributed by atoms with Crippen LogP contribution in [0, 0.1) is 6.92 Å². The smallest absolute Gasteiger partial charge is 0.230 e. The van der Waals surface area contributed by atoms with E-state index in [2.05, 4.69) is 33.1 Å². The lowest BCUT2D eigenvalue weighted by Crippen LogP contribution is -2.39. The number of aromatic amines is 1. The molecule has 1 N–H and O–H groups in total. The molecular formula is C19H26N4O. The number of hydrogen-bond donors (Lipinski definition) is 1. The molecule has 1 amide bonds. The van der Waals surface area contributed by atoms with Crippen LogP contribution in [0.5, 0.6) is 0 Å². The molecule has 1 unspecified atom stereocenters. The number of fused-ring (bicyclic) bond motifs is 1. The molecule has 5 nitrogen and oxygen atoms in total. The Morgan fingerprint density at radius 2 is 2.08 bits per heavy atom. The summed E-state index contributed by atoms with van der Waals surface area (Å²) in [6.45, 7) is 4.14. The number of nitrogens with one attached hydrogen (secondary N) is 1. The van der Waals surface area contributed by atoms with Gasteiger partial charge in [-0.1, -0.05) is 24.3 Å². The van der Waals surface area contributed by atoms with Gasteiger partial charge in [0.2, 0.25) is 5.91 Å². The molecule has 2 aromatic rings. The Kier molecular flexibility index (Phi) is 5.00. The molecule has 1 aliphatic rings. The largest absolute Gasteiger partial charge is 0.348 e. The second kappa shape index (κ2) is 7.18. The van der Waals surface area contributed by atoms with E-state index in [1.54, 1.807) is 6.33 Å². The van der Waals surface area contributed by atoms with Gasteiger partial charge in [0.25, 0.3) is 0 Å². The van der Waals surface area contributed by atoms with Crippen molar-refractivity contribution in [3.05, 3.63) is 53.1 Å². The molecular weight excluding hydrogens is 300 g/mol. The van der Waals surface area contributed by atoms with Crippen LogP contribution in [0.15, 0.2) is 30.6 Å². The lowest BCUT2D eigenvalue weighted by atomic mass is 9.99. The van der Waals surface area contributed by atoms with Crippen molar-refractivity contribution in [3.8, 4) is 0 Å². The van der Waals surface area contributed by atoms with E-state index in [1.807, 2.05) is 32.0 Å². The Labute approximate surface area is 143 Å². The van der Waals surface area contributed by atoms with Gasteiger partial charge in [0.15, 0.2) is 0 Å². The minimum atomic E-state index is -0.0115. The maximum atomic E-state index is 13.2. The average Bonchev–Trinajstić information content (AvgIpc) is 3.17. The second-order valence-electron chi connectivity index (χ2n) is 6.83. The molecule has 0 saturated heterocycles. The summed E-state index contributed by atoms with van der Waals surface area (Å²) in [5.74, 6) is 0.215. The van der Waals surface area contributed by atoms with Gasteiger partial charge in [-0.3, -0.25) is 4.79 Å². The minimum absolute atomic E-state index is 0.0115. The van der Waals surface area contributed by atoms with Gasteiger partial charge in [0, 0.05) is 18.8 Å². The fraction of sp³-hybridized carbons (Fsp3) is 0.474. The number of aryl methyl sites for hydroxylation is 2. The Bertz CT molecular complexity index is 707. The number of benzene rings is 1. The van der Waals surface area contributed by atoms with Crippen molar-refractivity contribution >= 4 is 5.91 Å². The first-order valence-corrected chi connectivity index (χ1v) is 8.56. The van der Waals surface area contributed by atoms with Crippen LogP contribution in [0.3, 0.4) is 0 Å². The third-order valence-electron chi connectivity index (χ3n) is 4.83. The highest BCUT2D eigenvalue weighted by atomic mass is 16.2. The highest BCUT2D eigenvalue weighted by Gasteiger charge is 2.31. The van der Waals surface area contributed by atoms with E-state index in [0.717, 1.165) is 37.3 Å². The molecule has 3 rings (SSSR count). The summed E-state index contributed by atoms with van der Waals surface area (Å²) in [7, 11) is 4.07. The fourth-order valence-electron chi connectivity index (χ4n) is 3.35. The van der Waals surface area contributed by atoms with Crippen LogP contribution in [-0.4, -0.2) is 52.9 Å². The van der Waals surface area contributed by atoms with Crippen LogP contribution in [0.4, 0.5) is 0 Å². The van der Waals surface area contributed by atoms with E-state index in [4.69, 9.17) is 0 Å². The van der Waals surface area contributed by atoms with Crippen LogP contribution < -0.4 is 0 Å². The van der Waals surface area contributed by atoms with Crippen molar-refractivity contribution in [3.63, 3.8) is 0 Å². The third-order valence-corrected chi connectivity index (χ3v) is 4.83. The predicted octanol–water partition coefficient (Wildman–Crippen LogP) is 2.34. The normalized spacial score (nSPS) is 16.4. The van der Waals surface area contributed by atoms with Crippen LogP contribution in [-0.2, 0) is 17.8 Å². The number of imidazole rings is 1. The Morgan fingerprint density at radius 3 is 2.79 bits per heavy atom. The molecule has 1 aromatic heterocycles. The SMILES string of the molecule is Cc1[nH]cnc1CN(CCN(C)C)C(=O)C1CCc2ccccc21. The van der Waals surface area contributed by atoms with Gasteiger partial charge < -0.3 is 14.8 Å². The number of H-pyrrole nitrogens is 1. The Hall–Kier alpha value is -2.14. The zero-order valence-corrected chi connectivity index (χ0v) is 14.7. The van der Waals surface area contributed by atoms with Crippen LogP contribution >= 0.6 is 0 Å². The third kappa shape index (κ3) is 3.51. The number of carbonyl (C=O) groups excluding carboxylic acids is 1. The number of aromatic nitrogens is 2. The average molecular weight is 326 g/mol. The van der Waals surface area contributed by atoms with Crippen LogP contribution in [0.2, 0.25) is 0 Å².